The molecule has 5 heteroatoms. The first-order chi connectivity index (χ1) is 7.97. The molecule has 1 saturated heterocycles. The molecule has 4 nitrogen and oxygen atoms in total. The van der Waals surface area contributed by atoms with E-state index in [1.807, 2.05) is 13.8 Å². The SMILES string of the molecule is COCC(Cl)C(=O)OC(C)(C)C1CCNCC1. The summed E-state index contributed by atoms with van der Waals surface area (Å²) in [5.41, 5.74) is -0.458. The van der Waals surface area contributed by atoms with Crippen molar-refractivity contribution in [3.63, 3.8) is 0 Å². The van der Waals surface area contributed by atoms with E-state index >= 15 is 0 Å². The van der Waals surface area contributed by atoms with Crippen LogP contribution < -0.4 is 5.32 Å². The summed E-state index contributed by atoms with van der Waals surface area (Å²) in [7, 11) is 1.51. The van der Waals surface area contributed by atoms with E-state index in [0.29, 0.717) is 5.92 Å². The van der Waals surface area contributed by atoms with E-state index in [1.54, 1.807) is 0 Å². The molecule has 1 aliphatic rings. The molecule has 0 saturated carbocycles. The molecule has 0 aromatic rings. The Morgan fingerprint density at radius 2 is 2.06 bits per heavy atom. The first-order valence-electron chi connectivity index (χ1n) is 6.04. The Labute approximate surface area is 108 Å². The summed E-state index contributed by atoms with van der Waals surface area (Å²) in [4.78, 5) is 11.7. The maximum atomic E-state index is 11.7. The third-order valence-electron chi connectivity index (χ3n) is 3.25. The fourth-order valence-corrected chi connectivity index (χ4v) is 2.31. The molecule has 1 rings (SSSR count). The van der Waals surface area contributed by atoms with Gasteiger partial charge in [0.25, 0.3) is 0 Å². The lowest BCUT2D eigenvalue weighted by molar-refractivity contribution is -0.163. The van der Waals surface area contributed by atoms with Gasteiger partial charge in [-0.3, -0.25) is 4.79 Å². The molecule has 17 heavy (non-hydrogen) atoms. The highest BCUT2D eigenvalue weighted by atomic mass is 35.5. The lowest BCUT2D eigenvalue weighted by Crippen LogP contribution is -2.44. The highest BCUT2D eigenvalue weighted by molar-refractivity contribution is 6.30. The van der Waals surface area contributed by atoms with Crippen LogP contribution in [0.15, 0.2) is 0 Å². The van der Waals surface area contributed by atoms with Crippen LogP contribution in [0.2, 0.25) is 0 Å². The van der Waals surface area contributed by atoms with E-state index in [0.717, 1.165) is 25.9 Å². The standard InChI is InChI=1S/C12H22ClNO3/c1-12(2,9-4-6-14-7-5-9)17-11(15)10(13)8-16-3/h9-10,14H,4-8H2,1-3H3. The van der Waals surface area contributed by atoms with Crippen molar-refractivity contribution < 1.29 is 14.3 Å². The maximum Gasteiger partial charge on any atom is 0.326 e. The van der Waals surface area contributed by atoms with Crippen LogP contribution in [0.3, 0.4) is 0 Å². The molecule has 1 heterocycles. The molecule has 0 spiro atoms. The highest BCUT2D eigenvalue weighted by Gasteiger charge is 2.35. The van der Waals surface area contributed by atoms with Crippen molar-refractivity contribution in [3.05, 3.63) is 0 Å². The van der Waals surface area contributed by atoms with Gasteiger partial charge in [0.2, 0.25) is 0 Å². The van der Waals surface area contributed by atoms with E-state index in [2.05, 4.69) is 5.32 Å². The fourth-order valence-electron chi connectivity index (χ4n) is 2.14. The Morgan fingerprint density at radius 1 is 1.47 bits per heavy atom. The van der Waals surface area contributed by atoms with Gasteiger partial charge in [-0.15, -0.1) is 11.6 Å². The number of piperidine rings is 1. The van der Waals surface area contributed by atoms with Gasteiger partial charge in [-0.25, -0.2) is 0 Å². The number of hydrogen-bond donors (Lipinski definition) is 1. The molecule has 1 fully saturated rings. The topological polar surface area (TPSA) is 47.6 Å². The predicted molar refractivity (Wildman–Crippen MR) is 67.3 cm³/mol. The number of hydrogen-bond acceptors (Lipinski definition) is 4. The van der Waals surface area contributed by atoms with Gasteiger partial charge in [-0.1, -0.05) is 0 Å². The third-order valence-corrected chi connectivity index (χ3v) is 3.56. The van der Waals surface area contributed by atoms with Crippen molar-refractivity contribution in [1.29, 1.82) is 0 Å². The van der Waals surface area contributed by atoms with Gasteiger partial charge in [0.15, 0.2) is 5.38 Å². The second kappa shape index (κ2) is 6.57. The van der Waals surface area contributed by atoms with E-state index < -0.39 is 16.9 Å². The number of halogens is 1. The molecule has 0 bridgehead atoms. The summed E-state index contributed by atoms with van der Waals surface area (Å²) in [6.45, 7) is 6.05. The van der Waals surface area contributed by atoms with Crippen LogP contribution in [-0.4, -0.2) is 43.8 Å². The first-order valence-corrected chi connectivity index (χ1v) is 6.47. The van der Waals surface area contributed by atoms with Crippen LogP contribution in [0, 0.1) is 5.92 Å². The average Bonchev–Trinajstić information content (AvgIpc) is 2.30. The minimum absolute atomic E-state index is 0.183. The summed E-state index contributed by atoms with van der Waals surface area (Å²) in [6, 6.07) is 0. The minimum Gasteiger partial charge on any atom is -0.458 e. The van der Waals surface area contributed by atoms with Gasteiger partial charge < -0.3 is 14.8 Å². The monoisotopic (exact) mass is 263 g/mol. The Bertz CT molecular complexity index is 252. The van der Waals surface area contributed by atoms with Crippen LogP contribution in [0.4, 0.5) is 0 Å². The minimum atomic E-state index is -0.721. The van der Waals surface area contributed by atoms with Gasteiger partial charge in [0, 0.05) is 13.0 Å². The summed E-state index contributed by atoms with van der Waals surface area (Å²) < 4.78 is 10.4. The Hall–Kier alpha value is -0.320. The Balaban J connectivity index is 2.49. The van der Waals surface area contributed by atoms with Crippen molar-refractivity contribution in [2.45, 2.75) is 37.7 Å². The van der Waals surface area contributed by atoms with E-state index in [-0.39, 0.29) is 6.61 Å². The van der Waals surface area contributed by atoms with Crippen molar-refractivity contribution in [3.8, 4) is 0 Å². The normalized spacial score (nSPS) is 20.0. The maximum absolute atomic E-state index is 11.7. The molecule has 0 aliphatic carbocycles. The average molecular weight is 264 g/mol. The van der Waals surface area contributed by atoms with Gasteiger partial charge in [0.1, 0.15) is 5.60 Å². The lowest BCUT2D eigenvalue weighted by Gasteiger charge is -2.37. The van der Waals surface area contributed by atoms with Crippen molar-refractivity contribution in [2.75, 3.05) is 26.8 Å². The molecule has 0 aromatic heterocycles. The lowest BCUT2D eigenvalue weighted by atomic mass is 9.83. The van der Waals surface area contributed by atoms with E-state index in [9.17, 15) is 4.79 Å². The summed E-state index contributed by atoms with van der Waals surface area (Å²) in [5.74, 6) is -0.00355. The summed E-state index contributed by atoms with van der Waals surface area (Å²) in [6.07, 6.45) is 2.05. The smallest absolute Gasteiger partial charge is 0.326 e. The van der Waals surface area contributed by atoms with Gasteiger partial charge in [-0.2, -0.15) is 0 Å². The molecule has 1 atom stereocenters. The molecule has 1 aliphatic heterocycles. The molecule has 1 N–H and O–H groups in total. The van der Waals surface area contributed by atoms with Crippen molar-refractivity contribution >= 4 is 17.6 Å². The van der Waals surface area contributed by atoms with Crippen LogP contribution in [0.5, 0.6) is 0 Å². The Morgan fingerprint density at radius 3 is 2.59 bits per heavy atom. The molecular weight excluding hydrogens is 242 g/mol. The first kappa shape index (κ1) is 14.7. The van der Waals surface area contributed by atoms with Crippen LogP contribution in [-0.2, 0) is 14.3 Å². The molecule has 0 aromatic carbocycles. The van der Waals surface area contributed by atoms with Gasteiger partial charge in [0.05, 0.1) is 6.61 Å². The highest BCUT2D eigenvalue weighted by Crippen LogP contribution is 2.29. The van der Waals surface area contributed by atoms with Crippen molar-refractivity contribution in [2.24, 2.45) is 5.92 Å². The fraction of sp³-hybridized carbons (Fsp3) is 0.917. The van der Waals surface area contributed by atoms with Gasteiger partial charge in [-0.05, 0) is 39.8 Å². The summed E-state index contributed by atoms with van der Waals surface area (Å²) in [5, 5.41) is 2.58. The predicted octanol–water partition coefficient (Wildman–Crippen LogP) is 1.56. The third kappa shape index (κ3) is 4.45. The molecular formula is C12H22ClNO3. The number of nitrogens with one attached hydrogen (secondary N) is 1. The van der Waals surface area contributed by atoms with Crippen LogP contribution >= 0.6 is 11.6 Å². The number of carbonyl (C=O) groups excluding carboxylic acids is 1. The number of alkyl halides is 1. The number of carbonyl (C=O) groups is 1. The van der Waals surface area contributed by atoms with Gasteiger partial charge >= 0.3 is 5.97 Å². The molecule has 0 amide bonds. The molecule has 1 unspecified atom stereocenters. The zero-order valence-corrected chi connectivity index (χ0v) is 11.5. The van der Waals surface area contributed by atoms with Crippen LogP contribution in [0.25, 0.3) is 0 Å². The molecule has 100 valence electrons. The van der Waals surface area contributed by atoms with Crippen LogP contribution in [0.1, 0.15) is 26.7 Å². The largest absolute Gasteiger partial charge is 0.458 e. The number of ether oxygens (including phenoxy) is 2. The second-order valence-corrected chi connectivity index (χ2v) is 5.50. The molecule has 0 radical (unpaired) electrons. The second-order valence-electron chi connectivity index (χ2n) is 4.97. The quantitative estimate of drug-likeness (QED) is 0.604. The zero-order chi connectivity index (χ0) is 12.9. The number of rotatable bonds is 5. The Kier molecular flexibility index (Phi) is 5.70. The summed E-state index contributed by atoms with van der Waals surface area (Å²) >= 11 is 5.86. The van der Waals surface area contributed by atoms with E-state index in [4.69, 9.17) is 21.1 Å². The number of methoxy groups -OCH3 is 1. The van der Waals surface area contributed by atoms with E-state index in [1.165, 1.54) is 7.11 Å². The van der Waals surface area contributed by atoms with Crippen molar-refractivity contribution in [1.82, 2.24) is 5.32 Å². The zero-order valence-electron chi connectivity index (χ0n) is 10.8. The number of esters is 1.